The lowest BCUT2D eigenvalue weighted by Gasteiger charge is -2.28. The first-order chi connectivity index (χ1) is 15.6. The topological polar surface area (TPSA) is 98.3 Å². The zero-order valence-electron chi connectivity index (χ0n) is 18.6. The van der Waals surface area contributed by atoms with Gasteiger partial charge < -0.3 is 14.2 Å². The van der Waals surface area contributed by atoms with Crippen LogP contribution in [0.15, 0.2) is 40.0 Å². The molecule has 0 unspecified atom stereocenters. The molecule has 10 heteroatoms. The van der Waals surface area contributed by atoms with Crippen molar-refractivity contribution in [2.24, 2.45) is 0 Å². The van der Waals surface area contributed by atoms with Crippen LogP contribution in [-0.4, -0.2) is 51.8 Å². The molecule has 4 rings (SSSR count). The number of para-hydroxylation sites is 2. The van der Waals surface area contributed by atoms with E-state index in [-0.39, 0.29) is 17.6 Å². The van der Waals surface area contributed by atoms with Crippen molar-refractivity contribution in [1.29, 1.82) is 0 Å². The van der Waals surface area contributed by atoms with Crippen molar-refractivity contribution < 1.29 is 14.1 Å². The van der Waals surface area contributed by atoms with E-state index in [0.29, 0.717) is 11.0 Å². The molecule has 1 fully saturated rings. The molecule has 1 aromatic carbocycles. The lowest BCUT2D eigenvalue weighted by atomic mass is 10.1. The molecule has 3 heterocycles. The van der Waals surface area contributed by atoms with Gasteiger partial charge in [0.15, 0.2) is 5.16 Å². The number of thioether (sulfide) groups is 1. The molecule has 0 aliphatic carbocycles. The average molecular weight is 457 g/mol. The van der Waals surface area contributed by atoms with E-state index in [4.69, 9.17) is 9.26 Å². The van der Waals surface area contributed by atoms with Crippen molar-refractivity contribution in [3.8, 4) is 11.4 Å². The SMILES string of the molecule is COc1ccccc1-n1c(SCC(=O)Nc2cc(C(C)C)no2)nnc1N1CCCCC1. The van der Waals surface area contributed by atoms with Gasteiger partial charge in [-0.15, -0.1) is 10.2 Å². The van der Waals surface area contributed by atoms with E-state index < -0.39 is 0 Å². The fraction of sp³-hybridized carbons (Fsp3) is 0.455. The third kappa shape index (κ3) is 4.90. The van der Waals surface area contributed by atoms with Crippen LogP contribution in [0.4, 0.5) is 11.8 Å². The van der Waals surface area contributed by atoms with Gasteiger partial charge in [0.25, 0.3) is 0 Å². The van der Waals surface area contributed by atoms with Crippen LogP contribution in [-0.2, 0) is 4.79 Å². The molecule has 1 aliphatic heterocycles. The van der Waals surface area contributed by atoms with E-state index in [1.54, 1.807) is 13.2 Å². The van der Waals surface area contributed by atoms with Crippen LogP contribution in [0.1, 0.15) is 44.7 Å². The lowest BCUT2D eigenvalue weighted by Crippen LogP contribution is -2.31. The van der Waals surface area contributed by atoms with Crippen LogP contribution in [0.2, 0.25) is 0 Å². The van der Waals surface area contributed by atoms with Crippen LogP contribution in [0.3, 0.4) is 0 Å². The number of benzene rings is 1. The lowest BCUT2D eigenvalue weighted by molar-refractivity contribution is -0.113. The minimum Gasteiger partial charge on any atom is -0.495 e. The summed E-state index contributed by atoms with van der Waals surface area (Å²) < 4.78 is 12.8. The Morgan fingerprint density at radius 2 is 2.00 bits per heavy atom. The largest absolute Gasteiger partial charge is 0.495 e. The molecule has 0 spiro atoms. The minimum atomic E-state index is -0.199. The van der Waals surface area contributed by atoms with Crippen molar-refractivity contribution >= 4 is 29.5 Å². The first-order valence-corrected chi connectivity index (χ1v) is 11.8. The Hall–Kier alpha value is -3.01. The van der Waals surface area contributed by atoms with Crippen molar-refractivity contribution in [2.75, 3.05) is 36.2 Å². The number of anilines is 2. The Balaban J connectivity index is 1.55. The molecule has 32 heavy (non-hydrogen) atoms. The molecule has 1 N–H and O–H groups in total. The number of hydrogen-bond donors (Lipinski definition) is 1. The highest BCUT2D eigenvalue weighted by atomic mass is 32.2. The Labute approximate surface area is 191 Å². The maximum absolute atomic E-state index is 12.5. The smallest absolute Gasteiger partial charge is 0.237 e. The molecule has 0 bridgehead atoms. The monoisotopic (exact) mass is 456 g/mol. The zero-order chi connectivity index (χ0) is 22.5. The fourth-order valence-electron chi connectivity index (χ4n) is 3.60. The van der Waals surface area contributed by atoms with Crippen molar-refractivity contribution in [3.05, 3.63) is 36.0 Å². The van der Waals surface area contributed by atoms with Crippen LogP contribution in [0, 0.1) is 0 Å². The van der Waals surface area contributed by atoms with Gasteiger partial charge in [-0.1, -0.05) is 42.9 Å². The number of piperidine rings is 1. The number of ether oxygens (including phenoxy) is 1. The summed E-state index contributed by atoms with van der Waals surface area (Å²) in [4.78, 5) is 14.8. The van der Waals surface area contributed by atoms with Crippen molar-refractivity contribution in [3.63, 3.8) is 0 Å². The number of aromatic nitrogens is 4. The van der Waals surface area contributed by atoms with E-state index in [0.717, 1.165) is 49.0 Å². The summed E-state index contributed by atoms with van der Waals surface area (Å²) in [7, 11) is 1.65. The summed E-state index contributed by atoms with van der Waals surface area (Å²) in [6, 6.07) is 9.51. The number of rotatable bonds is 8. The molecule has 9 nitrogen and oxygen atoms in total. The van der Waals surface area contributed by atoms with Gasteiger partial charge in [0, 0.05) is 19.2 Å². The normalized spacial score (nSPS) is 14.1. The first kappa shape index (κ1) is 22.2. The second-order valence-electron chi connectivity index (χ2n) is 7.95. The van der Waals surface area contributed by atoms with Gasteiger partial charge in [0.2, 0.25) is 17.7 Å². The molecular weight excluding hydrogens is 428 g/mol. The highest BCUT2D eigenvalue weighted by Gasteiger charge is 2.24. The Morgan fingerprint density at radius 1 is 1.22 bits per heavy atom. The predicted molar refractivity (Wildman–Crippen MR) is 124 cm³/mol. The fourth-order valence-corrected chi connectivity index (χ4v) is 4.34. The molecule has 1 aliphatic rings. The average Bonchev–Trinajstić information content (AvgIpc) is 3.45. The van der Waals surface area contributed by atoms with E-state index in [1.807, 2.05) is 42.7 Å². The summed E-state index contributed by atoms with van der Waals surface area (Å²) in [6.07, 6.45) is 3.47. The molecule has 170 valence electrons. The van der Waals surface area contributed by atoms with Gasteiger partial charge in [-0.25, -0.2) is 0 Å². The standard InChI is InChI=1S/C22H28N6O3S/c1-15(2)16-13-20(31-26-16)23-19(29)14-32-22-25-24-21(27-11-7-4-8-12-27)28(22)17-9-5-6-10-18(17)30-3/h5-6,9-10,13,15H,4,7-8,11-12,14H2,1-3H3,(H,23,29). The number of nitrogens with zero attached hydrogens (tertiary/aromatic N) is 5. The maximum atomic E-state index is 12.5. The van der Waals surface area contributed by atoms with Gasteiger partial charge in [-0.2, -0.15) is 0 Å². The second kappa shape index (κ2) is 10.1. The van der Waals surface area contributed by atoms with Crippen LogP contribution in [0.25, 0.3) is 5.69 Å². The van der Waals surface area contributed by atoms with Crippen molar-refractivity contribution in [2.45, 2.75) is 44.2 Å². The Kier molecular flexibility index (Phi) is 6.99. The third-order valence-electron chi connectivity index (χ3n) is 5.30. The number of amides is 1. The van der Waals surface area contributed by atoms with E-state index >= 15 is 0 Å². The van der Waals surface area contributed by atoms with Crippen LogP contribution < -0.4 is 15.0 Å². The Bertz CT molecular complexity index is 1060. The minimum absolute atomic E-state index is 0.158. The van der Waals surface area contributed by atoms with Crippen LogP contribution in [0.5, 0.6) is 5.75 Å². The second-order valence-corrected chi connectivity index (χ2v) is 8.89. The zero-order valence-corrected chi connectivity index (χ0v) is 19.4. The number of hydrogen-bond acceptors (Lipinski definition) is 8. The summed E-state index contributed by atoms with van der Waals surface area (Å²) in [5, 5.41) is 16.3. The number of nitrogens with one attached hydrogen (secondary N) is 1. The molecule has 1 saturated heterocycles. The van der Waals surface area contributed by atoms with E-state index in [1.165, 1.54) is 18.2 Å². The maximum Gasteiger partial charge on any atom is 0.237 e. The predicted octanol–water partition coefficient (Wildman–Crippen LogP) is 4.11. The van der Waals surface area contributed by atoms with Gasteiger partial charge >= 0.3 is 0 Å². The van der Waals surface area contributed by atoms with Gasteiger partial charge in [-0.05, 0) is 37.3 Å². The molecule has 0 radical (unpaired) electrons. The number of methoxy groups -OCH3 is 1. The van der Waals surface area contributed by atoms with Gasteiger partial charge in [0.05, 0.1) is 24.2 Å². The summed E-state index contributed by atoms with van der Waals surface area (Å²) in [6.45, 7) is 5.90. The highest BCUT2D eigenvalue weighted by molar-refractivity contribution is 7.99. The molecule has 0 atom stereocenters. The highest BCUT2D eigenvalue weighted by Crippen LogP contribution is 2.32. The molecular formula is C22H28N6O3S. The van der Waals surface area contributed by atoms with E-state index in [9.17, 15) is 4.79 Å². The summed E-state index contributed by atoms with van der Waals surface area (Å²) in [5.74, 6) is 2.03. The molecule has 1 amide bonds. The third-order valence-corrected chi connectivity index (χ3v) is 6.23. The summed E-state index contributed by atoms with van der Waals surface area (Å²) in [5.41, 5.74) is 1.65. The Morgan fingerprint density at radius 3 is 2.72 bits per heavy atom. The molecule has 3 aromatic rings. The van der Waals surface area contributed by atoms with Crippen LogP contribution >= 0.6 is 11.8 Å². The number of carbonyl (C=O) groups is 1. The van der Waals surface area contributed by atoms with Crippen molar-refractivity contribution in [1.82, 2.24) is 19.9 Å². The molecule has 2 aromatic heterocycles. The van der Waals surface area contributed by atoms with Gasteiger partial charge in [-0.3, -0.25) is 14.7 Å². The quantitative estimate of drug-likeness (QED) is 0.506. The number of carbonyl (C=O) groups excluding carboxylic acids is 1. The van der Waals surface area contributed by atoms with E-state index in [2.05, 4.69) is 25.6 Å². The molecule has 0 saturated carbocycles. The first-order valence-electron chi connectivity index (χ1n) is 10.8. The summed E-state index contributed by atoms with van der Waals surface area (Å²) >= 11 is 1.32. The van der Waals surface area contributed by atoms with Gasteiger partial charge in [0.1, 0.15) is 5.75 Å².